The molecule has 2 aliphatic rings. The molecule has 2 aliphatic carbocycles. The molecule has 98 valence electrons. The summed E-state index contributed by atoms with van der Waals surface area (Å²) in [6.07, 6.45) is 11.0. The highest BCUT2D eigenvalue weighted by Crippen LogP contribution is 2.31. The Morgan fingerprint density at radius 2 is 1.59 bits per heavy atom. The molecule has 2 saturated carbocycles. The van der Waals surface area contributed by atoms with Gasteiger partial charge in [0.25, 0.3) is 0 Å². The molecule has 0 spiro atoms. The zero-order valence-corrected chi connectivity index (χ0v) is 10.8. The second kappa shape index (κ2) is 6.39. The molecule has 0 aliphatic heterocycles. The molecule has 2 rings (SSSR count). The van der Waals surface area contributed by atoms with Crippen LogP contribution in [0.5, 0.6) is 0 Å². The van der Waals surface area contributed by atoms with Crippen LogP contribution in [0.1, 0.15) is 57.8 Å². The van der Waals surface area contributed by atoms with Gasteiger partial charge in [-0.25, -0.2) is 0 Å². The molecular formula is C14H24O3. The van der Waals surface area contributed by atoms with E-state index in [-0.39, 0.29) is 18.0 Å². The van der Waals surface area contributed by atoms with Gasteiger partial charge in [-0.2, -0.15) is 0 Å². The number of carbonyl (C=O) groups excluding carboxylic acids is 1. The minimum atomic E-state index is -0.0782. The molecule has 17 heavy (non-hydrogen) atoms. The lowest BCUT2D eigenvalue weighted by Gasteiger charge is -2.34. The maximum absolute atomic E-state index is 11.7. The van der Waals surface area contributed by atoms with E-state index in [0.29, 0.717) is 6.10 Å². The molecule has 0 saturated heterocycles. The number of ether oxygens (including phenoxy) is 2. The maximum Gasteiger partial charge on any atom is 0.311 e. The third-order valence-corrected chi connectivity index (χ3v) is 4.13. The van der Waals surface area contributed by atoms with E-state index in [2.05, 4.69) is 0 Å². The Labute approximate surface area is 104 Å². The average molecular weight is 240 g/mol. The van der Waals surface area contributed by atoms with E-state index in [9.17, 15) is 4.79 Å². The summed E-state index contributed by atoms with van der Waals surface area (Å²) in [6.45, 7) is 0. The molecule has 0 bridgehead atoms. The summed E-state index contributed by atoms with van der Waals surface area (Å²) in [4.78, 5) is 11.7. The molecule has 0 amide bonds. The molecule has 0 aromatic carbocycles. The van der Waals surface area contributed by atoms with Gasteiger partial charge in [0.2, 0.25) is 0 Å². The number of methoxy groups -OCH3 is 1. The van der Waals surface area contributed by atoms with Gasteiger partial charge in [-0.15, -0.1) is 0 Å². The van der Waals surface area contributed by atoms with Crippen LogP contribution in [0.2, 0.25) is 0 Å². The molecule has 3 nitrogen and oxygen atoms in total. The lowest BCUT2D eigenvalue weighted by molar-refractivity contribution is -0.157. The summed E-state index contributed by atoms with van der Waals surface area (Å²) in [5, 5.41) is 0. The zero-order valence-electron chi connectivity index (χ0n) is 10.8. The summed E-state index contributed by atoms with van der Waals surface area (Å²) < 4.78 is 11.1. The van der Waals surface area contributed by atoms with Gasteiger partial charge in [-0.3, -0.25) is 4.79 Å². The Morgan fingerprint density at radius 3 is 2.29 bits per heavy atom. The monoisotopic (exact) mass is 240 g/mol. The summed E-state index contributed by atoms with van der Waals surface area (Å²) in [5.74, 6) is -0.0961. The lowest BCUT2D eigenvalue weighted by atomic mass is 9.86. The Morgan fingerprint density at radius 1 is 0.941 bits per heavy atom. The molecular weight excluding hydrogens is 216 g/mol. The third kappa shape index (κ3) is 3.44. The van der Waals surface area contributed by atoms with E-state index < -0.39 is 0 Å². The van der Waals surface area contributed by atoms with E-state index in [4.69, 9.17) is 9.47 Å². The van der Waals surface area contributed by atoms with Gasteiger partial charge in [-0.05, 0) is 25.7 Å². The van der Waals surface area contributed by atoms with Crippen molar-refractivity contribution in [3.8, 4) is 0 Å². The molecule has 0 N–H and O–H groups in total. The molecule has 2 fully saturated rings. The Kier molecular flexibility index (Phi) is 4.84. The average Bonchev–Trinajstić information content (AvgIpc) is 2.40. The van der Waals surface area contributed by atoms with Gasteiger partial charge in [0.1, 0.15) is 0 Å². The fourth-order valence-electron chi connectivity index (χ4n) is 3.13. The second-order valence-corrected chi connectivity index (χ2v) is 5.35. The standard InChI is InChI=1S/C14H24O3/c1-16-14(15)12-9-5-6-10-13(12)17-11-7-3-2-4-8-11/h11-13H,2-10H2,1H3/t12-,13+/m0/s1. The minimum absolute atomic E-state index is 0.0179. The smallest absolute Gasteiger partial charge is 0.311 e. The Balaban J connectivity index is 1.88. The number of rotatable bonds is 3. The van der Waals surface area contributed by atoms with Crippen LogP contribution in [0.3, 0.4) is 0 Å². The van der Waals surface area contributed by atoms with Crippen molar-refractivity contribution >= 4 is 5.97 Å². The predicted octanol–water partition coefficient (Wildman–Crippen LogP) is 3.07. The third-order valence-electron chi connectivity index (χ3n) is 4.13. The van der Waals surface area contributed by atoms with Crippen LogP contribution < -0.4 is 0 Å². The first-order chi connectivity index (χ1) is 8.31. The number of carbonyl (C=O) groups is 1. The van der Waals surface area contributed by atoms with Crippen molar-refractivity contribution in [1.29, 1.82) is 0 Å². The first kappa shape index (κ1) is 12.9. The Hall–Kier alpha value is -0.570. The first-order valence-electron chi connectivity index (χ1n) is 7.04. The van der Waals surface area contributed by atoms with E-state index in [1.165, 1.54) is 45.6 Å². The number of hydrogen-bond donors (Lipinski definition) is 0. The normalized spacial score (nSPS) is 31.1. The number of esters is 1. The maximum atomic E-state index is 11.7. The molecule has 2 atom stereocenters. The van der Waals surface area contributed by atoms with Gasteiger partial charge in [0, 0.05) is 0 Å². The highest BCUT2D eigenvalue weighted by Gasteiger charge is 2.34. The van der Waals surface area contributed by atoms with Gasteiger partial charge >= 0.3 is 5.97 Å². The van der Waals surface area contributed by atoms with Crippen LogP contribution in [0, 0.1) is 5.92 Å². The van der Waals surface area contributed by atoms with E-state index >= 15 is 0 Å². The molecule has 0 heterocycles. The molecule has 3 heteroatoms. The van der Waals surface area contributed by atoms with Gasteiger partial charge in [0.15, 0.2) is 0 Å². The van der Waals surface area contributed by atoms with Gasteiger partial charge in [0.05, 0.1) is 25.2 Å². The van der Waals surface area contributed by atoms with Crippen LogP contribution in [0.4, 0.5) is 0 Å². The van der Waals surface area contributed by atoms with Gasteiger partial charge in [-0.1, -0.05) is 32.1 Å². The van der Waals surface area contributed by atoms with Crippen LogP contribution in [0.25, 0.3) is 0 Å². The summed E-state index contributed by atoms with van der Waals surface area (Å²) in [5.41, 5.74) is 0. The van der Waals surface area contributed by atoms with E-state index in [1.54, 1.807) is 0 Å². The van der Waals surface area contributed by atoms with Crippen molar-refractivity contribution < 1.29 is 14.3 Å². The zero-order chi connectivity index (χ0) is 12.1. The van der Waals surface area contributed by atoms with Crippen molar-refractivity contribution in [3.05, 3.63) is 0 Å². The van der Waals surface area contributed by atoms with Crippen LogP contribution in [-0.4, -0.2) is 25.3 Å². The second-order valence-electron chi connectivity index (χ2n) is 5.35. The van der Waals surface area contributed by atoms with E-state index in [1.807, 2.05) is 0 Å². The highest BCUT2D eigenvalue weighted by molar-refractivity contribution is 5.73. The quantitative estimate of drug-likeness (QED) is 0.711. The van der Waals surface area contributed by atoms with Crippen molar-refractivity contribution in [1.82, 2.24) is 0 Å². The lowest BCUT2D eigenvalue weighted by Crippen LogP contribution is -2.37. The topological polar surface area (TPSA) is 35.5 Å². The molecule has 0 unspecified atom stereocenters. The van der Waals surface area contributed by atoms with Crippen LogP contribution in [-0.2, 0) is 14.3 Å². The Bertz CT molecular complexity index is 246. The van der Waals surface area contributed by atoms with E-state index in [0.717, 1.165) is 19.3 Å². The molecule has 0 radical (unpaired) electrons. The fraction of sp³-hybridized carbons (Fsp3) is 0.929. The van der Waals surface area contributed by atoms with Crippen molar-refractivity contribution in [2.45, 2.75) is 70.0 Å². The predicted molar refractivity (Wildman–Crippen MR) is 65.7 cm³/mol. The van der Waals surface area contributed by atoms with Crippen molar-refractivity contribution in [2.75, 3.05) is 7.11 Å². The number of hydrogen-bond acceptors (Lipinski definition) is 3. The molecule has 0 aromatic heterocycles. The van der Waals surface area contributed by atoms with Crippen LogP contribution in [0.15, 0.2) is 0 Å². The fourth-order valence-corrected chi connectivity index (χ4v) is 3.13. The summed E-state index contributed by atoms with van der Waals surface area (Å²) in [7, 11) is 1.48. The largest absolute Gasteiger partial charge is 0.469 e. The molecule has 0 aromatic rings. The summed E-state index contributed by atoms with van der Waals surface area (Å²) >= 11 is 0. The minimum Gasteiger partial charge on any atom is -0.469 e. The SMILES string of the molecule is COC(=O)[C@H]1CCCC[C@H]1OC1CCCCC1. The highest BCUT2D eigenvalue weighted by atomic mass is 16.5. The summed E-state index contributed by atoms with van der Waals surface area (Å²) in [6, 6.07) is 0. The van der Waals surface area contributed by atoms with Gasteiger partial charge < -0.3 is 9.47 Å². The van der Waals surface area contributed by atoms with Crippen molar-refractivity contribution in [3.63, 3.8) is 0 Å². The van der Waals surface area contributed by atoms with Crippen molar-refractivity contribution in [2.24, 2.45) is 5.92 Å². The first-order valence-corrected chi connectivity index (χ1v) is 7.04. The van der Waals surface area contributed by atoms with Crippen LogP contribution >= 0.6 is 0 Å².